The van der Waals surface area contributed by atoms with Gasteiger partial charge >= 0.3 is 0 Å². The van der Waals surface area contributed by atoms with Crippen LogP contribution in [-0.2, 0) is 0 Å². The Bertz CT molecular complexity index is 112. The summed E-state index contributed by atoms with van der Waals surface area (Å²) in [5.41, 5.74) is 1.44. The molecule has 0 rings (SSSR count). The maximum absolute atomic E-state index is 2.21. The van der Waals surface area contributed by atoms with E-state index in [0.29, 0.717) is 0 Å². The second-order valence-electron chi connectivity index (χ2n) is 2.46. The second-order valence-corrected chi connectivity index (χ2v) is 5.09. The number of hydrogen-bond acceptors (Lipinski definition) is 2. The minimum Gasteiger partial charge on any atom is -0.0893 e. The van der Waals surface area contributed by atoms with Crippen LogP contribution >= 0.6 is 21.6 Å². The van der Waals surface area contributed by atoms with Crippen LogP contribution in [0.4, 0.5) is 0 Å². The Kier molecular flexibility index (Phi) is 6.44. The molecule has 0 heterocycles. The number of allylic oxidation sites excluding steroid dienone is 2. The van der Waals surface area contributed by atoms with Gasteiger partial charge in [-0.1, -0.05) is 34.1 Å². The van der Waals surface area contributed by atoms with Crippen LogP contribution in [0.25, 0.3) is 0 Å². The summed E-state index contributed by atoms with van der Waals surface area (Å²) >= 11 is 0. The molecule has 0 aromatic heterocycles. The average molecular weight is 176 g/mol. The molecular formula is C8H16S2. The topological polar surface area (TPSA) is 0 Å². The molecule has 0 amide bonds. The maximum atomic E-state index is 2.21. The highest BCUT2D eigenvalue weighted by Gasteiger charge is 1.92. The zero-order valence-electron chi connectivity index (χ0n) is 7.23. The van der Waals surface area contributed by atoms with Gasteiger partial charge in [0.15, 0.2) is 0 Å². The summed E-state index contributed by atoms with van der Waals surface area (Å²) in [6, 6.07) is 0. The molecule has 60 valence electrons. The SMILES string of the molecule is CCCSSC(C)=C(C)C. The molecule has 0 spiro atoms. The summed E-state index contributed by atoms with van der Waals surface area (Å²) in [6.07, 6.45) is 1.27. The van der Waals surface area contributed by atoms with Gasteiger partial charge in [0.2, 0.25) is 0 Å². The lowest BCUT2D eigenvalue weighted by Gasteiger charge is -2.00. The minimum absolute atomic E-state index is 1.26. The van der Waals surface area contributed by atoms with Gasteiger partial charge in [-0.25, -0.2) is 0 Å². The van der Waals surface area contributed by atoms with Crippen LogP contribution in [0, 0.1) is 0 Å². The molecule has 0 atom stereocenters. The van der Waals surface area contributed by atoms with Gasteiger partial charge < -0.3 is 0 Å². The van der Waals surface area contributed by atoms with E-state index in [9.17, 15) is 0 Å². The highest BCUT2D eigenvalue weighted by Crippen LogP contribution is 2.31. The zero-order chi connectivity index (χ0) is 7.98. The van der Waals surface area contributed by atoms with Crippen molar-refractivity contribution in [1.29, 1.82) is 0 Å². The monoisotopic (exact) mass is 176 g/mol. The second kappa shape index (κ2) is 6.17. The van der Waals surface area contributed by atoms with Crippen molar-refractivity contribution in [2.45, 2.75) is 34.1 Å². The van der Waals surface area contributed by atoms with Crippen LogP contribution in [0.5, 0.6) is 0 Å². The van der Waals surface area contributed by atoms with Gasteiger partial charge in [0.05, 0.1) is 0 Å². The van der Waals surface area contributed by atoms with Crippen molar-refractivity contribution in [2.75, 3.05) is 5.75 Å². The van der Waals surface area contributed by atoms with E-state index < -0.39 is 0 Å². The molecule has 0 radical (unpaired) electrons. The molecule has 0 aliphatic carbocycles. The van der Waals surface area contributed by atoms with Gasteiger partial charge in [-0.3, -0.25) is 0 Å². The summed E-state index contributed by atoms with van der Waals surface area (Å²) in [4.78, 5) is 1.46. The highest BCUT2D eigenvalue weighted by molar-refractivity contribution is 8.78. The van der Waals surface area contributed by atoms with Gasteiger partial charge in [-0.05, 0) is 32.1 Å². The average Bonchev–Trinajstić information content (AvgIpc) is 1.88. The summed E-state index contributed by atoms with van der Waals surface area (Å²) in [5, 5.41) is 0. The molecule has 0 aliphatic rings. The summed E-state index contributed by atoms with van der Waals surface area (Å²) in [6.45, 7) is 8.72. The largest absolute Gasteiger partial charge is 0.0893 e. The normalized spacial score (nSPS) is 9.60. The van der Waals surface area contributed by atoms with Crippen LogP contribution < -0.4 is 0 Å². The standard InChI is InChI=1S/C8H16S2/c1-5-6-9-10-8(4)7(2)3/h5-6H2,1-4H3. The van der Waals surface area contributed by atoms with E-state index >= 15 is 0 Å². The van der Waals surface area contributed by atoms with Crippen molar-refractivity contribution in [2.24, 2.45) is 0 Å². The van der Waals surface area contributed by atoms with Gasteiger partial charge in [-0.15, -0.1) is 0 Å². The van der Waals surface area contributed by atoms with Crippen molar-refractivity contribution in [3.05, 3.63) is 10.5 Å². The molecule has 0 nitrogen and oxygen atoms in total. The molecule has 10 heavy (non-hydrogen) atoms. The van der Waals surface area contributed by atoms with Crippen molar-refractivity contribution in [3.63, 3.8) is 0 Å². The molecule has 0 aliphatic heterocycles. The van der Waals surface area contributed by atoms with E-state index in [1.54, 1.807) is 0 Å². The lowest BCUT2D eigenvalue weighted by atomic mass is 10.3. The lowest BCUT2D eigenvalue weighted by Crippen LogP contribution is -1.72. The number of rotatable bonds is 4. The van der Waals surface area contributed by atoms with Crippen LogP contribution in [0.3, 0.4) is 0 Å². The third-order valence-corrected chi connectivity index (χ3v) is 4.13. The van der Waals surface area contributed by atoms with Gasteiger partial charge in [-0.2, -0.15) is 0 Å². The fraction of sp³-hybridized carbons (Fsp3) is 0.750. The van der Waals surface area contributed by atoms with Crippen molar-refractivity contribution >= 4 is 21.6 Å². The molecule has 0 aromatic carbocycles. The van der Waals surface area contributed by atoms with E-state index in [2.05, 4.69) is 27.7 Å². The number of hydrogen-bond donors (Lipinski definition) is 0. The summed E-state index contributed by atoms with van der Waals surface area (Å²) in [7, 11) is 3.85. The smallest absolute Gasteiger partial charge is 0.00376 e. The van der Waals surface area contributed by atoms with Gasteiger partial charge in [0.25, 0.3) is 0 Å². The highest BCUT2D eigenvalue weighted by atomic mass is 33.1. The van der Waals surface area contributed by atoms with Crippen molar-refractivity contribution in [3.8, 4) is 0 Å². The quantitative estimate of drug-likeness (QED) is 0.467. The van der Waals surface area contributed by atoms with E-state index in [1.165, 1.54) is 22.7 Å². The van der Waals surface area contributed by atoms with E-state index in [1.807, 2.05) is 21.6 Å². The third kappa shape index (κ3) is 5.24. The molecule has 0 saturated heterocycles. The first-order chi connectivity index (χ1) is 4.68. The summed E-state index contributed by atoms with van der Waals surface area (Å²) in [5.74, 6) is 1.26. The maximum Gasteiger partial charge on any atom is 0.00376 e. The predicted molar refractivity (Wildman–Crippen MR) is 54.4 cm³/mol. The Morgan fingerprint density at radius 1 is 1.20 bits per heavy atom. The molecule has 2 heteroatoms. The third-order valence-electron chi connectivity index (χ3n) is 1.18. The van der Waals surface area contributed by atoms with Gasteiger partial charge in [0, 0.05) is 5.75 Å². The Labute approximate surface area is 72.3 Å². The summed E-state index contributed by atoms with van der Waals surface area (Å²) < 4.78 is 0. The Balaban J connectivity index is 3.40. The van der Waals surface area contributed by atoms with Crippen LogP contribution in [-0.4, -0.2) is 5.75 Å². The molecule has 0 saturated carbocycles. The molecule has 0 bridgehead atoms. The van der Waals surface area contributed by atoms with E-state index in [-0.39, 0.29) is 0 Å². The zero-order valence-corrected chi connectivity index (χ0v) is 8.86. The molecule has 0 fully saturated rings. The van der Waals surface area contributed by atoms with E-state index in [0.717, 1.165) is 0 Å². The van der Waals surface area contributed by atoms with Crippen molar-refractivity contribution in [1.82, 2.24) is 0 Å². The molecule has 0 aromatic rings. The Morgan fingerprint density at radius 2 is 1.80 bits per heavy atom. The van der Waals surface area contributed by atoms with Gasteiger partial charge in [0.1, 0.15) is 0 Å². The molecule has 0 N–H and O–H groups in total. The predicted octanol–water partition coefficient (Wildman–Crippen LogP) is 4.09. The first kappa shape index (κ1) is 10.4. The molecule has 0 unspecified atom stereocenters. The van der Waals surface area contributed by atoms with Crippen LogP contribution in [0.1, 0.15) is 34.1 Å². The van der Waals surface area contributed by atoms with E-state index in [4.69, 9.17) is 0 Å². The fourth-order valence-electron chi connectivity index (χ4n) is 0.297. The minimum atomic E-state index is 1.26. The Morgan fingerprint density at radius 3 is 2.20 bits per heavy atom. The first-order valence-electron chi connectivity index (χ1n) is 3.62. The van der Waals surface area contributed by atoms with Crippen molar-refractivity contribution < 1.29 is 0 Å². The first-order valence-corrected chi connectivity index (χ1v) is 5.94. The van der Waals surface area contributed by atoms with Crippen LogP contribution in [0.15, 0.2) is 10.5 Å². The lowest BCUT2D eigenvalue weighted by molar-refractivity contribution is 1.11. The fourth-order valence-corrected chi connectivity index (χ4v) is 2.67. The van der Waals surface area contributed by atoms with Crippen LogP contribution in [0.2, 0.25) is 0 Å². The Hall–Kier alpha value is 0.440. The molecular weight excluding hydrogens is 160 g/mol.